The van der Waals surface area contributed by atoms with Crippen molar-refractivity contribution in [2.24, 2.45) is 0 Å². The van der Waals surface area contributed by atoms with Crippen molar-refractivity contribution >= 4 is 33.7 Å². The van der Waals surface area contributed by atoms with Crippen molar-refractivity contribution in [2.45, 2.75) is 19.3 Å². The second-order valence-corrected chi connectivity index (χ2v) is 8.11. The van der Waals surface area contributed by atoms with Gasteiger partial charge in [0.05, 0.1) is 10.7 Å². The van der Waals surface area contributed by atoms with E-state index in [1.165, 1.54) is 33.0 Å². The Balaban J connectivity index is 1.73. The molecule has 132 valence electrons. The molecule has 0 saturated heterocycles. The van der Waals surface area contributed by atoms with Crippen molar-refractivity contribution in [3.8, 4) is 11.1 Å². The predicted molar refractivity (Wildman–Crippen MR) is 116 cm³/mol. The highest BCUT2D eigenvalue weighted by molar-refractivity contribution is 6.33. The quantitative estimate of drug-likeness (QED) is 0.384. The Morgan fingerprint density at radius 1 is 0.741 bits per heavy atom. The summed E-state index contributed by atoms with van der Waals surface area (Å²) in [6.45, 7) is 4.63. The lowest BCUT2D eigenvalue weighted by Crippen LogP contribution is -2.23. The van der Waals surface area contributed by atoms with Gasteiger partial charge < -0.3 is 5.32 Å². The van der Waals surface area contributed by atoms with Gasteiger partial charge in [0.1, 0.15) is 0 Å². The van der Waals surface area contributed by atoms with E-state index in [4.69, 9.17) is 11.6 Å². The summed E-state index contributed by atoms with van der Waals surface area (Å²) in [6, 6.07) is 27.7. The van der Waals surface area contributed by atoms with Gasteiger partial charge in [-0.2, -0.15) is 0 Å². The molecule has 0 atom stereocenters. The minimum atomic E-state index is -0.0356. The highest BCUT2D eigenvalue weighted by atomic mass is 35.5. The van der Waals surface area contributed by atoms with Crippen LogP contribution < -0.4 is 5.32 Å². The molecule has 0 fully saturated rings. The van der Waals surface area contributed by atoms with Gasteiger partial charge in [-0.3, -0.25) is 0 Å². The Morgan fingerprint density at radius 2 is 1.52 bits per heavy atom. The molecule has 0 unspecified atom stereocenters. The molecule has 0 bridgehead atoms. The fourth-order valence-corrected chi connectivity index (χ4v) is 4.52. The number of fused-ring (bicyclic) bond motifs is 2. The zero-order chi connectivity index (χ0) is 18.6. The summed E-state index contributed by atoms with van der Waals surface area (Å²) in [4.78, 5) is 0. The van der Waals surface area contributed by atoms with Crippen LogP contribution >= 0.6 is 11.6 Å². The molecule has 1 N–H and O–H groups in total. The molecule has 0 spiro atoms. The molecule has 1 nitrogen and oxygen atoms in total. The topological polar surface area (TPSA) is 12.0 Å². The van der Waals surface area contributed by atoms with Crippen LogP contribution in [0.4, 0.5) is 11.4 Å². The van der Waals surface area contributed by atoms with Crippen molar-refractivity contribution in [3.63, 3.8) is 0 Å². The van der Waals surface area contributed by atoms with E-state index in [1.54, 1.807) is 0 Å². The molecule has 27 heavy (non-hydrogen) atoms. The zero-order valence-corrected chi connectivity index (χ0v) is 16.1. The molecule has 0 amide bonds. The molecule has 1 aliphatic rings. The molecular weight excluding hydrogens is 350 g/mol. The highest BCUT2D eigenvalue weighted by Gasteiger charge is 2.33. The minimum absolute atomic E-state index is 0.0356. The van der Waals surface area contributed by atoms with Crippen LogP contribution in [0.15, 0.2) is 78.9 Å². The predicted octanol–water partition coefficient (Wildman–Crippen LogP) is 7.54. The molecule has 0 saturated carbocycles. The number of rotatable bonds is 2. The Labute approximate surface area is 164 Å². The summed E-state index contributed by atoms with van der Waals surface area (Å²) >= 11 is 6.33. The molecule has 4 aromatic rings. The second kappa shape index (κ2) is 5.87. The van der Waals surface area contributed by atoms with Crippen molar-refractivity contribution in [3.05, 3.63) is 95.0 Å². The summed E-state index contributed by atoms with van der Waals surface area (Å²) in [5.41, 5.74) is 7.29. The van der Waals surface area contributed by atoms with Crippen LogP contribution in [0.25, 0.3) is 21.9 Å². The van der Waals surface area contributed by atoms with Gasteiger partial charge in [0.15, 0.2) is 0 Å². The molecule has 0 aromatic heterocycles. The standard InChI is InChI=1S/C25H20ClN/c1-25(2)20-14-13-17(27-23-12-4-3-11-22(23)26)15-19(20)18-9-5-7-16-8-6-10-21(25)24(16)18/h3-15,27H,1-2H3. The normalized spacial score (nSPS) is 14.0. The van der Waals surface area contributed by atoms with Gasteiger partial charge in [0.25, 0.3) is 0 Å². The van der Waals surface area contributed by atoms with Crippen molar-refractivity contribution in [2.75, 3.05) is 5.32 Å². The van der Waals surface area contributed by atoms with Gasteiger partial charge in [-0.05, 0) is 57.3 Å². The zero-order valence-electron chi connectivity index (χ0n) is 15.4. The number of hydrogen-bond donors (Lipinski definition) is 1. The Morgan fingerprint density at radius 3 is 2.33 bits per heavy atom. The van der Waals surface area contributed by atoms with Gasteiger partial charge in [-0.1, -0.05) is 80.0 Å². The number of benzene rings is 4. The number of anilines is 2. The SMILES string of the molecule is CC1(C)c2ccc(Nc3ccccc3Cl)cc2-c2cccc3cccc1c23. The van der Waals surface area contributed by atoms with Crippen LogP contribution in [0.2, 0.25) is 5.02 Å². The van der Waals surface area contributed by atoms with E-state index in [9.17, 15) is 0 Å². The maximum Gasteiger partial charge on any atom is 0.0640 e. The third-order valence-corrected chi connectivity index (χ3v) is 6.04. The Hall–Kier alpha value is -2.77. The van der Waals surface area contributed by atoms with E-state index in [-0.39, 0.29) is 5.41 Å². The molecule has 5 rings (SSSR count). The van der Waals surface area contributed by atoms with Crippen LogP contribution in [0, 0.1) is 0 Å². The first-order valence-corrected chi connectivity index (χ1v) is 9.62. The summed E-state index contributed by atoms with van der Waals surface area (Å²) in [6.07, 6.45) is 0. The summed E-state index contributed by atoms with van der Waals surface area (Å²) in [7, 11) is 0. The van der Waals surface area contributed by atoms with E-state index in [2.05, 4.69) is 73.8 Å². The summed E-state index contributed by atoms with van der Waals surface area (Å²) in [5.74, 6) is 0. The first-order chi connectivity index (χ1) is 13.1. The Kier molecular flexibility index (Phi) is 3.57. The van der Waals surface area contributed by atoms with Gasteiger partial charge in [0, 0.05) is 11.1 Å². The maximum atomic E-state index is 6.33. The van der Waals surface area contributed by atoms with Crippen LogP contribution in [-0.4, -0.2) is 0 Å². The number of halogens is 1. The highest BCUT2D eigenvalue weighted by Crippen LogP contribution is 2.49. The largest absolute Gasteiger partial charge is 0.354 e. The third kappa shape index (κ3) is 2.46. The number of nitrogens with one attached hydrogen (secondary N) is 1. The Bertz CT molecular complexity index is 1180. The van der Waals surface area contributed by atoms with E-state index in [0.29, 0.717) is 0 Å². The molecule has 0 heterocycles. The van der Waals surface area contributed by atoms with Crippen molar-refractivity contribution in [1.82, 2.24) is 0 Å². The molecule has 1 aliphatic carbocycles. The first kappa shape index (κ1) is 16.4. The third-order valence-electron chi connectivity index (χ3n) is 5.71. The van der Waals surface area contributed by atoms with Crippen LogP contribution in [0.5, 0.6) is 0 Å². The second-order valence-electron chi connectivity index (χ2n) is 7.70. The monoisotopic (exact) mass is 369 g/mol. The lowest BCUT2D eigenvalue weighted by atomic mass is 9.68. The van der Waals surface area contributed by atoms with E-state index in [1.807, 2.05) is 24.3 Å². The van der Waals surface area contributed by atoms with E-state index < -0.39 is 0 Å². The lowest BCUT2D eigenvalue weighted by molar-refractivity contribution is 0.645. The minimum Gasteiger partial charge on any atom is -0.354 e. The average molecular weight is 370 g/mol. The van der Waals surface area contributed by atoms with Gasteiger partial charge in [-0.15, -0.1) is 0 Å². The number of para-hydroxylation sites is 1. The molecular formula is C25H20ClN. The smallest absolute Gasteiger partial charge is 0.0640 e. The summed E-state index contributed by atoms with van der Waals surface area (Å²) in [5, 5.41) is 6.87. The maximum absolute atomic E-state index is 6.33. The van der Waals surface area contributed by atoms with Crippen LogP contribution in [0.1, 0.15) is 25.0 Å². The van der Waals surface area contributed by atoms with Gasteiger partial charge in [0.2, 0.25) is 0 Å². The van der Waals surface area contributed by atoms with Crippen molar-refractivity contribution in [1.29, 1.82) is 0 Å². The van der Waals surface area contributed by atoms with E-state index in [0.717, 1.165) is 16.4 Å². The van der Waals surface area contributed by atoms with Crippen LogP contribution in [-0.2, 0) is 5.41 Å². The van der Waals surface area contributed by atoms with Gasteiger partial charge >= 0.3 is 0 Å². The molecule has 4 aromatic carbocycles. The molecule has 2 heteroatoms. The van der Waals surface area contributed by atoms with Crippen molar-refractivity contribution < 1.29 is 0 Å². The molecule has 0 aliphatic heterocycles. The van der Waals surface area contributed by atoms with Crippen LogP contribution in [0.3, 0.4) is 0 Å². The number of hydrogen-bond acceptors (Lipinski definition) is 1. The fraction of sp³-hybridized carbons (Fsp3) is 0.120. The summed E-state index contributed by atoms with van der Waals surface area (Å²) < 4.78 is 0. The fourth-order valence-electron chi connectivity index (χ4n) is 4.34. The first-order valence-electron chi connectivity index (χ1n) is 9.24. The average Bonchev–Trinajstić information content (AvgIpc) is 2.68. The van der Waals surface area contributed by atoms with Gasteiger partial charge in [-0.25, -0.2) is 0 Å². The lowest BCUT2D eigenvalue weighted by Gasteiger charge is -2.35. The molecule has 0 radical (unpaired) electrons. The van der Waals surface area contributed by atoms with E-state index >= 15 is 0 Å².